The second-order valence-corrected chi connectivity index (χ2v) is 3.74. The summed E-state index contributed by atoms with van der Waals surface area (Å²) in [6, 6.07) is 7.69. The number of imidazole rings is 1. The highest BCUT2D eigenvalue weighted by atomic mass is 14.9. The van der Waals surface area contributed by atoms with E-state index in [1.807, 2.05) is 12.1 Å². The lowest BCUT2D eigenvalue weighted by molar-refractivity contribution is 0.986. The van der Waals surface area contributed by atoms with E-state index in [4.69, 9.17) is 5.26 Å². The van der Waals surface area contributed by atoms with E-state index in [2.05, 4.69) is 16.0 Å². The van der Waals surface area contributed by atoms with Gasteiger partial charge in [0.1, 0.15) is 5.82 Å². The van der Waals surface area contributed by atoms with Gasteiger partial charge in [0.2, 0.25) is 0 Å². The molecule has 0 radical (unpaired) electrons. The van der Waals surface area contributed by atoms with E-state index in [0.717, 1.165) is 16.9 Å². The zero-order valence-corrected chi connectivity index (χ0v) is 7.62. The second-order valence-electron chi connectivity index (χ2n) is 3.74. The van der Waals surface area contributed by atoms with Gasteiger partial charge in [0, 0.05) is 5.92 Å². The van der Waals surface area contributed by atoms with E-state index in [9.17, 15) is 0 Å². The first kappa shape index (κ1) is 7.57. The molecule has 0 amide bonds. The van der Waals surface area contributed by atoms with Crippen molar-refractivity contribution in [1.29, 1.82) is 5.26 Å². The van der Waals surface area contributed by atoms with Crippen molar-refractivity contribution in [2.45, 2.75) is 18.8 Å². The molecule has 1 saturated carbocycles. The standard InChI is InChI=1S/C11H9N3/c12-6-7-1-4-9-10(5-7)14-11(13-9)8-2-3-8/h1,4-5,8H,2-3H2,(H,13,14). The third kappa shape index (κ3) is 1.08. The zero-order valence-electron chi connectivity index (χ0n) is 7.62. The number of rotatable bonds is 1. The van der Waals surface area contributed by atoms with Crippen molar-refractivity contribution < 1.29 is 0 Å². The molecule has 3 heteroatoms. The Morgan fingerprint density at radius 2 is 2.29 bits per heavy atom. The summed E-state index contributed by atoms with van der Waals surface area (Å²) in [6.45, 7) is 0. The first-order valence-electron chi connectivity index (χ1n) is 4.76. The SMILES string of the molecule is N#Cc1ccc2nc(C3CC3)[nH]c2c1. The van der Waals surface area contributed by atoms with Crippen molar-refractivity contribution in [2.24, 2.45) is 0 Å². The fourth-order valence-electron chi connectivity index (χ4n) is 1.65. The van der Waals surface area contributed by atoms with Gasteiger partial charge in [0.15, 0.2) is 0 Å². The Hall–Kier alpha value is -1.82. The molecule has 3 rings (SSSR count). The van der Waals surface area contributed by atoms with Crippen molar-refractivity contribution in [3.05, 3.63) is 29.6 Å². The summed E-state index contributed by atoms with van der Waals surface area (Å²) in [7, 11) is 0. The Morgan fingerprint density at radius 1 is 1.43 bits per heavy atom. The number of benzene rings is 1. The van der Waals surface area contributed by atoms with Crippen molar-refractivity contribution in [3.8, 4) is 6.07 Å². The molecule has 2 aromatic rings. The molecule has 0 unspecified atom stereocenters. The normalized spacial score (nSPS) is 15.6. The maximum atomic E-state index is 8.74. The van der Waals surface area contributed by atoms with E-state index in [1.165, 1.54) is 12.8 Å². The van der Waals surface area contributed by atoms with Crippen LogP contribution < -0.4 is 0 Å². The number of fused-ring (bicyclic) bond motifs is 1. The molecule has 0 spiro atoms. The van der Waals surface area contributed by atoms with Gasteiger partial charge in [0.05, 0.1) is 22.7 Å². The van der Waals surface area contributed by atoms with Crippen LogP contribution in [0, 0.1) is 11.3 Å². The summed E-state index contributed by atoms with van der Waals surface area (Å²) in [6.07, 6.45) is 2.48. The number of nitrogens with one attached hydrogen (secondary N) is 1. The molecule has 0 bridgehead atoms. The second kappa shape index (κ2) is 2.58. The van der Waals surface area contributed by atoms with E-state index < -0.39 is 0 Å². The van der Waals surface area contributed by atoms with Crippen molar-refractivity contribution >= 4 is 11.0 Å². The van der Waals surface area contributed by atoms with E-state index >= 15 is 0 Å². The van der Waals surface area contributed by atoms with Crippen LogP contribution in [0.15, 0.2) is 18.2 Å². The predicted molar refractivity (Wildman–Crippen MR) is 52.8 cm³/mol. The Balaban J connectivity index is 2.18. The Bertz CT molecular complexity index is 529. The molecule has 0 aliphatic heterocycles. The predicted octanol–water partition coefficient (Wildman–Crippen LogP) is 2.31. The summed E-state index contributed by atoms with van der Waals surface area (Å²) in [5.41, 5.74) is 2.63. The maximum absolute atomic E-state index is 8.74. The topological polar surface area (TPSA) is 52.5 Å². The van der Waals surface area contributed by atoms with E-state index in [1.54, 1.807) is 6.07 Å². The van der Waals surface area contributed by atoms with Crippen LogP contribution >= 0.6 is 0 Å². The van der Waals surface area contributed by atoms with Gasteiger partial charge in [-0.1, -0.05) is 0 Å². The van der Waals surface area contributed by atoms with Crippen LogP contribution in [0.4, 0.5) is 0 Å². The summed E-state index contributed by atoms with van der Waals surface area (Å²) in [5, 5.41) is 8.74. The Morgan fingerprint density at radius 3 is 3.00 bits per heavy atom. The number of hydrogen-bond acceptors (Lipinski definition) is 2. The third-order valence-electron chi connectivity index (χ3n) is 2.59. The molecule has 68 valence electrons. The van der Waals surface area contributed by atoms with Crippen LogP contribution in [0.3, 0.4) is 0 Å². The number of nitriles is 1. The molecule has 1 fully saturated rings. The number of aromatic nitrogens is 2. The first-order valence-corrected chi connectivity index (χ1v) is 4.76. The minimum Gasteiger partial charge on any atom is -0.342 e. The summed E-state index contributed by atoms with van der Waals surface area (Å²) in [4.78, 5) is 7.76. The van der Waals surface area contributed by atoms with Crippen LogP contribution in [0.5, 0.6) is 0 Å². The molecule has 1 aromatic carbocycles. The summed E-state index contributed by atoms with van der Waals surface area (Å²) >= 11 is 0. The van der Waals surface area contributed by atoms with Gasteiger partial charge in [-0.2, -0.15) is 5.26 Å². The van der Waals surface area contributed by atoms with Crippen LogP contribution in [0.25, 0.3) is 11.0 Å². The average Bonchev–Trinajstić information content (AvgIpc) is 2.97. The quantitative estimate of drug-likeness (QED) is 0.737. The number of H-pyrrole nitrogens is 1. The van der Waals surface area contributed by atoms with Gasteiger partial charge in [-0.15, -0.1) is 0 Å². The van der Waals surface area contributed by atoms with Crippen LogP contribution in [0.2, 0.25) is 0 Å². The Labute approximate surface area is 81.4 Å². The highest BCUT2D eigenvalue weighted by Crippen LogP contribution is 2.38. The van der Waals surface area contributed by atoms with Gasteiger partial charge >= 0.3 is 0 Å². The molecular weight excluding hydrogens is 174 g/mol. The van der Waals surface area contributed by atoms with E-state index in [0.29, 0.717) is 11.5 Å². The zero-order chi connectivity index (χ0) is 9.54. The lowest BCUT2D eigenvalue weighted by atomic mass is 10.2. The molecule has 0 atom stereocenters. The lowest BCUT2D eigenvalue weighted by Crippen LogP contribution is -1.79. The minimum absolute atomic E-state index is 0.632. The minimum atomic E-state index is 0.632. The highest BCUT2D eigenvalue weighted by molar-refractivity contribution is 5.76. The number of hydrogen-bond donors (Lipinski definition) is 1. The number of aromatic amines is 1. The third-order valence-corrected chi connectivity index (χ3v) is 2.59. The van der Waals surface area contributed by atoms with Gasteiger partial charge in [-0.25, -0.2) is 4.98 Å². The summed E-state index contributed by atoms with van der Waals surface area (Å²) in [5.74, 6) is 1.71. The molecule has 1 heterocycles. The highest BCUT2D eigenvalue weighted by Gasteiger charge is 2.26. The van der Waals surface area contributed by atoms with Gasteiger partial charge in [-0.05, 0) is 31.0 Å². The van der Waals surface area contributed by atoms with Gasteiger partial charge < -0.3 is 4.98 Å². The summed E-state index contributed by atoms with van der Waals surface area (Å²) < 4.78 is 0. The average molecular weight is 183 g/mol. The molecule has 14 heavy (non-hydrogen) atoms. The van der Waals surface area contributed by atoms with Crippen molar-refractivity contribution in [2.75, 3.05) is 0 Å². The largest absolute Gasteiger partial charge is 0.342 e. The van der Waals surface area contributed by atoms with Gasteiger partial charge in [-0.3, -0.25) is 0 Å². The van der Waals surface area contributed by atoms with Gasteiger partial charge in [0.25, 0.3) is 0 Å². The van der Waals surface area contributed by atoms with Crippen LogP contribution in [0.1, 0.15) is 30.1 Å². The molecular formula is C11H9N3. The van der Waals surface area contributed by atoms with Crippen LogP contribution in [-0.2, 0) is 0 Å². The molecule has 1 aliphatic carbocycles. The molecule has 1 N–H and O–H groups in total. The van der Waals surface area contributed by atoms with Crippen molar-refractivity contribution in [3.63, 3.8) is 0 Å². The number of nitrogens with zero attached hydrogens (tertiary/aromatic N) is 2. The molecule has 3 nitrogen and oxygen atoms in total. The van der Waals surface area contributed by atoms with E-state index in [-0.39, 0.29) is 0 Å². The smallest absolute Gasteiger partial charge is 0.110 e. The molecule has 0 saturated heterocycles. The molecule has 1 aliphatic rings. The first-order chi connectivity index (χ1) is 6.86. The Kier molecular flexibility index (Phi) is 1.40. The molecule has 1 aromatic heterocycles. The van der Waals surface area contributed by atoms with Crippen molar-refractivity contribution in [1.82, 2.24) is 9.97 Å². The maximum Gasteiger partial charge on any atom is 0.110 e. The monoisotopic (exact) mass is 183 g/mol. The lowest BCUT2D eigenvalue weighted by Gasteiger charge is -1.87. The fourth-order valence-corrected chi connectivity index (χ4v) is 1.65. The fraction of sp³-hybridized carbons (Fsp3) is 0.273. The van der Waals surface area contributed by atoms with Crippen LogP contribution in [-0.4, -0.2) is 9.97 Å².